The molecule has 1 atom stereocenters. The Morgan fingerprint density at radius 3 is 2.29 bits per heavy atom. The molecule has 0 aromatic heterocycles. The van der Waals surface area contributed by atoms with Crippen molar-refractivity contribution in [3.63, 3.8) is 0 Å². The van der Waals surface area contributed by atoms with Crippen LogP contribution in [0, 0.1) is 11.3 Å². The van der Waals surface area contributed by atoms with E-state index in [1.807, 2.05) is 0 Å². The molecule has 2 fully saturated rings. The van der Waals surface area contributed by atoms with Gasteiger partial charge in [0.05, 0.1) is 0 Å². The molecule has 0 aromatic rings. The van der Waals surface area contributed by atoms with E-state index < -0.39 is 0 Å². The highest BCUT2D eigenvalue weighted by Crippen LogP contribution is 2.47. The average molecular weight is 237 g/mol. The zero-order valence-corrected chi connectivity index (χ0v) is 12.4. The molecule has 1 nitrogen and oxygen atoms in total. The van der Waals surface area contributed by atoms with Gasteiger partial charge in [-0.3, -0.25) is 4.90 Å². The Kier molecular flexibility index (Phi) is 3.87. The topological polar surface area (TPSA) is 3.24 Å². The molecule has 2 aliphatic rings. The third kappa shape index (κ3) is 2.70. The van der Waals surface area contributed by atoms with Gasteiger partial charge in [-0.15, -0.1) is 0 Å². The van der Waals surface area contributed by atoms with Crippen molar-refractivity contribution in [1.29, 1.82) is 0 Å². The molecular formula is C16H31N. The summed E-state index contributed by atoms with van der Waals surface area (Å²) in [5, 5.41) is 0. The fourth-order valence-corrected chi connectivity index (χ4v) is 4.20. The molecule has 1 spiro atoms. The Hall–Kier alpha value is -0.0400. The van der Waals surface area contributed by atoms with Gasteiger partial charge in [0.25, 0.3) is 0 Å². The van der Waals surface area contributed by atoms with Crippen molar-refractivity contribution >= 4 is 0 Å². The van der Waals surface area contributed by atoms with Crippen molar-refractivity contribution in [3.05, 3.63) is 0 Å². The average Bonchev–Trinajstić information content (AvgIpc) is 2.29. The molecule has 1 aliphatic heterocycles. The molecule has 17 heavy (non-hydrogen) atoms. The minimum absolute atomic E-state index is 0.504. The number of hydrogen-bond acceptors (Lipinski definition) is 1. The second kappa shape index (κ2) is 4.91. The first-order valence-corrected chi connectivity index (χ1v) is 7.73. The Bertz CT molecular complexity index is 245. The van der Waals surface area contributed by atoms with Crippen LogP contribution in [-0.2, 0) is 0 Å². The Balaban J connectivity index is 2.13. The van der Waals surface area contributed by atoms with Crippen molar-refractivity contribution in [2.45, 2.75) is 78.2 Å². The molecule has 1 saturated carbocycles. The van der Waals surface area contributed by atoms with Gasteiger partial charge in [-0.1, -0.05) is 47.0 Å². The molecule has 100 valence electrons. The maximum atomic E-state index is 2.81. The lowest BCUT2D eigenvalue weighted by Gasteiger charge is -2.54. The molecule has 0 aromatic carbocycles. The van der Waals surface area contributed by atoms with E-state index in [0.717, 1.165) is 5.92 Å². The molecule has 1 aliphatic carbocycles. The summed E-state index contributed by atoms with van der Waals surface area (Å²) >= 11 is 0. The Labute approximate surface area is 108 Å². The highest BCUT2D eigenvalue weighted by Gasteiger charge is 2.44. The molecule has 1 heteroatoms. The standard InChI is InChI=1S/C16H31N/c1-5-17-12-9-14(15(2,3)4)13-16(17)10-7-6-8-11-16/h14H,5-13H2,1-4H3/t14-/m0/s1. The van der Waals surface area contributed by atoms with Gasteiger partial charge in [0.2, 0.25) is 0 Å². The van der Waals surface area contributed by atoms with Crippen LogP contribution in [0.4, 0.5) is 0 Å². The van der Waals surface area contributed by atoms with Crippen LogP contribution >= 0.6 is 0 Å². The van der Waals surface area contributed by atoms with Gasteiger partial charge in [0, 0.05) is 5.54 Å². The molecular weight excluding hydrogens is 206 g/mol. The highest BCUT2D eigenvalue weighted by molar-refractivity contribution is 4.99. The van der Waals surface area contributed by atoms with Gasteiger partial charge in [0.1, 0.15) is 0 Å². The van der Waals surface area contributed by atoms with Gasteiger partial charge in [0.15, 0.2) is 0 Å². The number of likely N-dealkylation sites (tertiary alicyclic amines) is 1. The summed E-state index contributed by atoms with van der Waals surface area (Å²) in [6, 6.07) is 0. The monoisotopic (exact) mass is 237 g/mol. The predicted molar refractivity (Wildman–Crippen MR) is 75.2 cm³/mol. The van der Waals surface area contributed by atoms with Gasteiger partial charge in [-0.05, 0) is 50.1 Å². The van der Waals surface area contributed by atoms with Crippen LogP contribution in [0.2, 0.25) is 0 Å². The third-order valence-corrected chi connectivity index (χ3v) is 5.44. The minimum Gasteiger partial charge on any atom is -0.298 e. The summed E-state index contributed by atoms with van der Waals surface area (Å²) in [6.07, 6.45) is 10.2. The maximum absolute atomic E-state index is 2.81. The summed E-state index contributed by atoms with van der Waals surface area (Å²) in [5.74, 6) is 0.934. The van der Waals surface area contributed by atoms with E-state index in [4.69, 9.17) is 0 Å². The number of piperidine rings is 1. The van der Waals surface area contributed by atoms with Crippen molar-refractivity contribution in [1.82, 2.24) is 4.90 Å². The first kappa shape index (κ1) is 13.4. The summed E-state index contributed by atoms with van der Waals surface area (Å²) in [5.41, 5.74) is 1.09. The molecule has 1 saturated heterocycles. The molecule has 0 radical (unpaired) electrons. The van der Waals surface area contributed by atoms with Crippen LogP contribution in [0.1, 0.15) is 72.6 Å². The van der Waals surface area contributed by atoms with E-state index in [-0.39, 0.29) is 0 Å². The quantitative estimate of drug-likeness (QED) is 0.650. The normalized spacial score (nSPS) is 30.7. The number of nitrogens with zero attached hydrogens (tertiary/aromatic N) is 1. The second-order valence-electron chi connectivity index (χ2n) is 7.42. The van der Waals surface area contributed by atoms with Crippen molar-refractivity contribution in [3.8, 4) is 0 Å². The summed E-state index contributed by atoms with van der Waals surface area (Å²) in [7, 11) is 0. The molecule has 2 rings (SSSR count). The van der Waals surface area contributed by atoms with Crippen LogP contribution in [0.15, 0.2) is 0 Å². The summed E-state index contributed by atoms with van der Waals surface area (Å²) in [6.45, 7) is 12.3. The van der Waals surface area contributed by atoms with Crippen LogP contribution < -0.4 is 0 Å². The lowest BCUT2D eigenvalue weighted by Crippen LogP contribution is -2.56. The van der Waals surface area contributed by atoms with Gasteiger partial charge < -0.3 is 0 Å². The third-order valence-electron chi connectivity index (χ3n) is 5.44. The number of rotatable bonds is 1. The maximum Gasteiger partial charge on any atom is 0.0212 e. The van der Waals surface area contributed by atoms with Crippen LogP contribution in [0.25, 0.3) is 0 Å². The van der Waals surface area contributed by atoms with E-state index in [1.54, 1.807) is 0 Å². The van der Waals surface area contributed by atoms with Crippen LogP contribution in [-0.4, -0.2) is 23.5 Å². The first-order valence-electron chi connectivity index (χ1n) is 7.73. The number of hydrogen-bond donors (Lipinski definition) is 0. The summed E-state index contributed by atoms with van der Waals surface area (Å²) in [4.78, 5) is 2.81. The van der Waals surface area contributed by atoms with E-state index in [1.165, 1.54) is 58.0 Å². The minimum atomic E-state index is 0.504. The van der Waals surface area contributed by atoms with Crippen molar-refractivity contribution < 1.29 is 0 Å². The summed E-state index contributed by atoms with van der Waals surface area (Å²) < 4.78 is 0. The van der Waals surface area contributed by atoms with Crippen LogP contribution in [0.5, 0.6) is 0 Å². The lowest BCUT2D eigenvalue weighted by atomic mass is 9.65. The zero-order chi connectivity index (χ0) is 12.5. The molecule has 0 N–H and O–H groups in total. The largest absolute Gasteiger partial charge is 0.298 e. The lowest BCUT2D eigenvalue weighted by molar-refractivity contribution is -0.0304. The van der Waals surface area contributed by atoms with Crippen molar-refractivity contribution in [2.24, 2.45) is 11.3 Å². The fourth-order valence-electron chi connectivity index (χ4n) is 4.20. The van der Waals surface area contributed by atoms with Gasteiger partial charge >= 0.3 is 0 Å². The molecule has 0 unspecified atom stereocenters. The Morgan fingerprint density at radius 2 is 1.76 bits per heavy atom. The van der Waals surface area contributed by atoms with E-state index in [9.17, 15) is 0 Å². The first-order chi connectivity index (χ1) is 7.98. The molecule has 0 bridgehead atoms. The molecule has 1 heterocycles. The van der Waals surface area contributed by atoms with E-state index >= 15 is 0 Å². The van der Waals surface area contributed by atoms with Gasteiger partial charge in [-0.25, -0.2) is 0 Å². The van der Waals surface area contributed by atoms with Crippen molar-refractivity contribution in [2.75, 3.05) is 13.1 Å². The predicted octanol–water partition coefficient (Wildman–Crippen LogP) is 4.47. The Morgan fingerprint density at radius 1 is 1.12 bits per heavy atom. The fraction of sp³-hybridized carbons (Fsp3) is 1.00. The van der Waals surface area contributed by atoms with Gasteiger partial charge in [-0.2, -0.15) is 0 Å². The zero-order valence-electron chi connectivity index (χ0n) is 12.4. The SMILES string of the molecule is CCN1CC[C@H](C(C)(C)C)CC12CCCCC2. The van der Waals surface area contributed by atoms with E-state index in [2.05, 4.69) is 32.6 Å². The van der Waals surface area contributed by atoms with E-state index in [0.29, 0.717) is 11.0 Å². The molecule has 0 amide bonds. The second-order valence-corrected chi connectivity index (χ2v) is 7.42. The highest BCUT2D eigenvalue weighted by atomic mass is 15.2. The smallest absolute Gasteiger partial charge is 0.0212 e. The van der Waals surface area contributed by atoms with Crippen LogP contribution in [0.3, 0.4) is 0 Å².